The Morgan fingerprint density at radius 3 is 1.68 bits per heavy atom. The minimum Gasteiger partial charge on any atom is -0.373 e. The van der Waals surface area contributed by atoms with Crippen LogP contribution < -0.4 is 0 Å². The van der Waals surface area contributed by atoms with E-state index in [-0.39, 0.29) is 6.04 Å². The van der Waals surface area contributed by atoms with Crippen molar-refractivity contribution >= 4 is 17.2 Å². The molecule has 0 aliphatic heterocycles. The molecule has 0 aliphatic rings. The molecule has 0 aliphatic carbocycles. The van der Waals surface area contributed by atoms with Gasteiger partial charge in [0.25, 0.3) is 0 Å². The van der Waals surface area contributed by atoms with Crippen molar-refractivity contribution in [3.8, 4) is 11.3 Å². The first-order valence-electron chi connectivity index (χ1n) is 16.9. The molecule has 50 heavy (non-hydrogen) atoms. The smallest absolute Gasteiger partial charge is 0.138 e. The summed E-state index contributed by atoms with van der Waals surface area (Å²) in [5.41, 5.74) is 9.83. The molecule has 7 aromatic rings. The molecule has 4 nitrogen and oxygen atoms in total. The maximum Gasteiger partial charge on any atom is 0.138 e. The molecule has 0 saturated carbocycles. The van der Waals surface area contributed by atoms with Crippen molar-refractivity contribution in [2.45, 2.75) is 25.4 Å². The summed E-state index contributed by atoms with van der Waals surface area (Å²) in [7, 11) is 2.12. The van der Waals surface area contributed by atoms with Crippen LogP contribution in [0.2, 0.25) is 5.02 Å². The molecule has 0 amide bonds. The third-order valence-corrected chi connectivity index (χ3v) is 9.80. The fraction of sp³-hybridized carbons (Fsp3) is 0.111. The number of hydrogen-bond acceptors (Lipinski definition) is 3. The monoisotopic (exact) mass is 670 g/mol. The number of rotatable bonds is 10. The molecule has 0 fully saturated rings. The van der Waals surface area contributed by atoms with Crippen molar-refractivity contribution in [3.63, 3.8) is 0 Å². The van der Waals surface area contributed by atoms with Crippen LogP contribution in [-0.4, -0.2) is 26.7 Å². The van der Waals surface area contributed by atoms with E-state index in [1.807, 2.05) is 18.3 Å². The van der Waals surface area contributed by atoms with E-state index < -0.39 is 5.54 Å². The summed E-state index contributed by atoms with van der Waals surface area (Å²) in [6, 6.07) is 54.8. The number of aromatic nitrogens is 3. The molecule has 0 radical (unpaired) electrons. The van der Waals surface area contributed by atoms with E-state index in [2.05, 4.69) is 188 Å². The third kappa shape index (κ3) is 6.38. The topological polar surface area (TPSA) is 34.0 Å². The Morgan fingerprint density at radius 2 is 1.18 bits per heavy atom. The van der Waals surface area contributed by atoms with Crippen molar-refractivity contribution in [1.29, 1.82) is 0 Å². The van der Waals surface area contributed by atoms with Gasteiger partial charge in [0.2, 0.25) is 0 Å². The molecule has 1 atom stereocenters. The van der Waals surface area contributed by atoms with Crippen LogP contribution in [0.3, 0.4) is 0 Å². The Kier molecular flexibility index (Phi) is 9.46. The largest absolute Gasteiger partial charge is 0.373 e. The predicted molar refractivity (Wildman–Crippen MR) is 206 cm³/mol. The molecule has 2 heterocycles. The lowest BCUT2D eigenvalue weighted by Crippen LogP contribution is -2.38. The van der Waals surface area contributed by atoms with Crippen LogP contribution in [0.1, 0.15) is 52.0 Å². The first kappa shape index (κ1) is 32.8. The zero-order valence-corrected chi connectivity index (χ0v) is 29.2. The molecule has 246 valence electrons. The van der Waals surface area contributed by atoms with Gasteiger partial charge in [-0.3, -0.25) is 9.67 Å². The summed E-state index contributed by atoms with van der Waals surface area (Å²) < 4.78 is 2.12. The van der Waals surface area contributed by atoms with Crippen molar-refractivity contribution in [2.75, 3.05) is 7.05 Å². The Bertz CT molecular complexity index is 2080. The number of benzene rings is 5. The second kappa shape index (κ2) is 14.4. The highest BCUT2D eigenvalue weighted by Gasteiger charge is 2.39. The van der Waals surface area contributed by atoms with Crippen LogP contribution in [0.15, 0.2) is 176 Å². The first-order chi connectivity index (χ1) is 24.4. The van der Waals surface area contributed by atoms with E-state index in [0.29, 0.717) is 5.02 Å². The van der Waals surface area contributed by atoms with Gasteiger partial charge >= 0.3 is 0 Å². The normalized spacial score (nSPS) is 12.4. The van der Waals surface area contributed by atoms with Gasteiger partial charge in [-0.15, -0.1) is 0 Å². The fourth-order valence-electron chi connectivity index (χ4n) is 6.76. The molecule has 0 bridgehead atoms. The van der Waals surface area contributed by atoms with E-state index in [1.165, 1.54) is 5.56 Å². The summed E-state index contributed by atoms with van der Waals surface area (Å²) in [4.78, 5) is 7.31. The van der Waals surface area contributed by atoms with Crippen molar-refractivity contribution in [3.05, 3.63) is 220 Å². The molecular formula is C45H39ClN4. The second-order valence-electron chi connectivity index (χ2n) is 12.6. The first-order valence-corrected chi connectivity index (χ1v) is 17.3. The minimum atomic E-state index is -0.697. The van der Waals surface area contributed by atoms with E-state index in [9.17, 15) is 0 Å². The highest BCUT2D eigenvalue weighted by atomic mass is 35.5. The van der Waals surface area contributed by atoms with Gasteiger partial charge in [-0.25, -0.2) is 0 Å². The molecule has 5 heteroatoms. The van der Waals surface area contributed by atoms with Crippen LogP contribution in [0.25, 0.3) is 16.8 Å². The molecular weight excluding hydrogens is 632 g/mol. The van der Waals surface area contributed by atoms with Gasteiger partial charge in [-0.1, -0.05) is 151 Å². The lowest BCUT2D eigenvalue weighted by molar-refractivity contribution is 0.362. The van der Waals surface area contributed by atoms with Crippen LogP contribution in [0.5, 0.6) is 0 Å². The highest BCUT2D eigenvalue weighted by Crippen LogP contribution is 2.41. The average molecular weight is 671 g/mol. The lowest BCUT2D eigenvalue weighted by atomic mass is 9.77. The van der Waals surface area contributed by atoms with Gasteiger partial charge < -0.3 is 4.90 Å². The number of nitrogens with zero attached hydrogens (tertiary/aromatic N) is 4. The van der Waals surface area contributed by atoms with Gasteiger partial charge in [0, 0.05) is 47.4 Å². The third-order valence-electron chi connectivity index (χ3n) is 9.55. The number of pyridine rings is 1. The number of hydrogen-bond donors (Lipinski definition) is 0. The fourth-order valence-corrected chi connectivity index (χ4v) is 6.88. The molecule has 2 aromatic heterocycles. The van der Waals surface area contributed by atoms with Gasteiger partial charge in [-0.05, 0) is 59.9 Å². The van der Waals surface area contributed by atoms with Gasteiger partial charge in [-0.2, -0.15) is 5.10 Å². The maximum absolute atomic E-state index is 6.30. The standard InChI is InChI=1S/C45H39ClN4/c1-33-42(32-50(48-33)45(38-18-10-5-11-19-38,39-20-12-6-13-21-39)40-22-14-7-15-23-40)44-29-26-37(30-47-44)43(36-24-27-41(46)28-25-36)31-49(3)34(2)35-16-8-4-9-17-35/h4-32,34H,1-3H3/b43-31+. The quantitative estimate of drug-likeness (QED) is 0.136. The molecule has 0 saturated heterocycles. The Hall–Kier alpha value is -5.71. The van der Waals surface area contributed by atoms with E-state index in [4.69, 9.17) is 21.7 Å². The Labute approximate surface area is 300 Å². The van der Waals surface area contributed by atoms with Crippen molar-refractivity contribution < 1.29 is 0 Å². The number of aryl methyl sites for hydroxylation is 1. The van der Waals surface area contributed by atoms with E-state index in [1.54, 1.807) is 0 Å². The van der Waals surface area contributed by atoms with Crippen molar-refractivity contribution in [1.82, 2.24) is 19.7 Å². The van der Waals surface area contributed by atoms with Gasteiger partial charge in [0.15, 0.2) is 0 Å². The van der Waals surface area contributed by atoms with Crippen LogP contribution in [-0.2, 0) is 5.54 Å². The Morgan fingerprint density at radius 1 is 0.680 bits per heavy atom. The summed E-state index contributed by atoms with van der Waals surface area (Å²) in [5.74, 6) is 0. The predicted octanol–water partition coefficient (Wildman–Crippen LogP) is 10.8. The lowest BCUT2D eigenvalue weighted by Gasteiger charge is -2.36. The van der Waals surface area contributed by atoms with Crippen molar-refractivity contribution in [2.24, 2.45) is 0 Å². The minimum absolute atomic E-state index is 0.179. The Balaban J connectivity index is 1.32. The number of halogens is 1. The van der Waals surface area contributed by atoms with Crippen LogP contribution in [0.4, 0.5) is 0 Å². The second-order valence-corrected chi connectivity index (χ2v) is 13.1. The molecule has 0 spiro atoms. The summed E-state index contributed by atoms with van der Waals surface area (Å²) in [6.07, 6.45) is 6.32. The SMILES string of the molecule is Cc1nn(C(c2ccccc2)(c2ccccc2)c2ccccc2)cc1-c1ccc(/C(=C/N(C)C(C)c2ccccc2)c2ccc(Cl)cc2)cn1. The molecule has 0 N–H and O–H groups in total. The van der Waals surface area contributed by atoms with Gasteiger partial charge in [0.05, 0.1) is 17.4 Å². The van der Waals surface area contributed by atoms with E-state index >= 15 is 0 Å². The van der Waals surface area contributed by atoms with Crippen LogP contribution >= 0.6 is 11.6 Å². The van der Waals surface area contributed by atoms with E-state index in [0.717, 1.165) is 50.3 Å². The average Bonchev–Trinajstić information content (AvgIpc) is 3.57. The van der Waals surface area contributed by atoms with Crippen LogP contribution in [0, 0.1) is 6.92 Å². The summed E-state index contributed by atoms with van der Waals surface area (Å²) in [6.45, 7) is 4.28. The highest BCUT2D eigenvalue weighted by molar-refractivity contribution is 6.30. The zero-order valence-electron chi connectivity index (χ0n) is 28.5. The van der Waals surface area contributed by atoms with Gasteiger partial charge in [0.1, 0.15) is 5.54 Å². The molecule has 5 aromatic carbocycles. The molecule has 1 unspecified atom stereocenters. The zero-order chi connectivity index (χ0) is 34.5. The maximum atomic E-state index is 6.30. The summed E-state index contributed by atoms with van der Waals surface area (Å²) >= 11 is 6.30. The summed E-state index contributed by atoms with van der Waals surface area (Å²) in [5, 5.41) is 5.94. The molecule has 7 rings (SSSR count).